The first-order valence-corrected chi connectivity index (χ1v) is 8.23. The first-order valence-electron chi connectivity index (χ1n) is 6.41. The summed E-state index contributed by atoms with van der Waals surface area (Å²) in [5, 5.41) is 0.179. The predicted molar refractivity (Wildman–Crippen MR) is 86.1 cm³/mol. The largest absolute Gasteiger partial charge is 0.326 e. The third-order valence-electron chi connectivity index (χ3n) is 3.33. The Balaban J connectivity index is 2.50. The Morgan fingerprint density at radius 3 is 2.43 bits per heavy atom. The van der Waals surface area contributed by atoms with Crippen molar-refractivity contribution in [2.75, 3.05) is 11.4 Å². The monoisotopic (exact) mass is 324 g/mol. The molecule has 0 spiro atoms. The maximum absolute atomic E-state index is 12.7. The van der Waals surface area contributed by atoms with Crippen LogP contribution in [-0.2, 0) is 16.6 Å². The molecule has 0 aliphatic carbocycles. The van der Waals surface area contributed by atoms with E-state index in [0.29, 0.717) is 12.2 Å². The van der Waals surface area contributed by atoms with E-state index in [9.17, 15) is 8.42 Å². The van der Waals surface area contributed by atoms with E-state index in [1.807, 2.05) is 19.1 Å². The van der Waals surface area contributed by atoms with Gasteiger partial charge in [0.1, 0.15) is 4.90 Å². The molecule has 2 aromatic rings. The molecule has 0 radical (unpaired) electrons. The first kappa shape index (κ1) is 15.8. The second-order valence-corrected chi connectivity index (χ2v) is 7.07. The third-order valence-corrected chi connectivity index (χ3v) is 5.58. The van der Waals surface area contributed by atoms with E-state index in [1.165, 1.54) is 17.4 Å². The quantitative estimate of drug-likeness (QED) is 0.940. The van der Waals surface area contributed by atoms with Gasteiger partial charge in [-0.15, -0.1) is 0 Å². The minimum atomic E-state index is -3.71. The summed E-state index contributed by atoms with van der Waals surface area (Å²) in [6.45, 7) is 2.17. The molecule has 0 aliphatic heterocycles. The van der Waals surface area contributed by atoms with Gasteiger partial charge < -0.3 is 5.73 Å². The van der Waals surface area contributed by atoms with Gasteiger partial charge in [0, 0.05) is 13.6 Å². The van der Waals surface area contributed by atoms with Gasteiger partial charge in [-0.25, -0.2) is 8.42 Å². The molecular weight excluding hydrogens is 308 g/mol. The SMILES string of the molecule is Cc1ccccc1N(C)S(=O)(=O)c1ccc(CN)cc1Cl. The number of rotatable bonds is 4. The van der Waals surface area contributed by atoms with Gasteiger partial charge >= 0.3 is 0 Å². The molecule has 0 unspecified atom stereocenters. The Bertz CT molecular complexity index is 760. The van der Waals surface area contributed by atoms with E-state index in [1.54, 1.807) is 24.3 Å². The molecular formula is C15H17ClN2O2S. The summed E-state index contributed by atoms with van der Waals surface area (Å²) in [5.74, 6) is 0. The van der Waals surface area contributed by atoms with Crippen molar-refractivity contribution in [1.29, 1.82) is 0 Å². The summed E-state index contributed by atoms with van der Waals surface area (Å²) in [5.41, 5.74) is 7.81. The van der Waals surface area contributed by atoms with Crippen LogP contribution in [0.3, 0.4) is 0 Å². The summed E-state index contributed by atoms with van der Waals surface area (Å²) in [4.78, 5) is 0.0760. The van der Waals surface area contributed by atoms with E-state index in [2.05, 4.69) is 0 Å². The first-order chi connectivity index (χ1) is 9.87. The highest BCUT2D eigenvalue weighted by Crippen LogP contribution is 2.29. The topological polar surface area (TPSA) is 63.4 Å². The van der Waals surface area contributed by atoms with Crippen molar-refractivity contribution in [3.8, 4) is 0 Å². The van der Waals surface area contributed by atoms with Crippen LogP contribution in [-0.4, -0.2) is 15.5 Å². The van der Waals surface area contributed by atoms with Gasteiger partial charge in [-0.1, -0.05) is 35.9 Å². The van der Waals surface area contributed by atoms with Crippen LogP contribution < -0.4 is 10.0 Å². The average molecular weight is 325 g/mol. The van der Waals surface area contributed by atoms with Crippen LogP contribution in [0, 0.1) is 6.92 Å². The van der Waals surface area contributed by atoms with Crippen LogP contribution in [0.25, 0.3) is 0 Å². The minimum absolute atomic E-state index is 0.0760. The van der Waals surface area contributed by atoms with E-state index in [4.69, 9.17) is 17.3 Å². The average Bonchev–Trinajstić information content (AvgIpc) is 2.46. The zero-order valence-electron chi connectivity index (χ0n) is 11.9. The number of hydrogen-bond donors (Lipinski definition) is 1. The predicted octanol–water partition coefficient (Wildman–Crippen LogP) is 2.93. The molecule has 0 bridgehead atoms. The molecule has 2 aromatic carbocycles. The Hall–Kier alpha value is -1.56. The summed E-state index contributed by atoms with van der Waals surface area (Å²) in [6, 6.07) is 12.0. The summed E-state index contributed by atoms with van der Waals surface area (Å²) in [7, 11) is -2.19. The molecule has 0 saturated heterocycles. The van der Waals surface area contributed by atoms with Gasteiger partial charge in [-0.2, -0.15) is 0 Å². The van der Waals surface area contributed by atoms with Crippen LogP contribution in [0.1, 0.15) is 11.1 Å². The smallest absolute Gasteiger partial charge is 0.265 e. The number of aryl methyl sites for hydroxylation is 1. The highest BCUT2D eigenvalue weighted by molar-refractivity contribution is 7.93. The van der Waals surface area contributed by atoms with Crippen molar-refractivity contribution < 1.29 is 8.42 Å². The fourth-order valence-electron chi connectivity index (χ4n) is 2.07. The molecule has 0 heterocycles. The number of nitrogens with two attached hydrogens (primary N) is 1. The van der Waals surface area contributed by atoms with Crippen molar-refractivity contribution in [1.82, 2.24) is 0 Å². The van der Waals surface area contributed by atoms with Crippen molar-refractivity contribution in [2.45, 2.75) is 18.4 Å². The Kier molecular flexibility index (Phi) is 4.56. The number of hydrogen-bond acceptors (Lipinski definition) is 3. The molecule has 2 N–H and O–H groups in total. The molecule has 0 saturated carbocycles. The van der Waals surface area contributed by atoms with Gasteiger partial charge in [0.15, 0.2) is 0 Å². The molecule has 21 heavy (non-hydrogen) atoms. The summed E-state index contributed by atoms with van der Waals surface area (Å²) < 4.78 is 26.7. The summed E-state index contributed by atoms with van der Waals surface area (Å²) >= 11 is 6.10. The lowest BCUT2D eigenvalue weighted by Crippen LogP contribution is -2.27. The van der Waals surface area contributed by atoms with E-state index >= 15 is 0 Å². The second-order valence-electron chi connectivity index (χ2n) is 4.73. The lowest BCUT2D eigenvalue weighted by Gasteiger charge is -2.22. The number of sulfonamides is 1. The molecule has 112 valence electrons. The normalized spacial score (nSPS) is 11.4. The highest BCUT2D eigenvalue weighted by Gasteiger charge is 2.24. The van der Waals surface area contributed by atoms with Crippen LogP contribution in [0.5, 0.6) is 0 Å². The highest BCUT2D eigenvalue weighted by atomic mass is 35.5. The lowest BCUT2D eigenvalue weighted by molar-refractivity contribution is 0.594. The van der Waals surface area contributed by atoms with Gasteiger partial charge in [0.25, 0.3) is 10.0 Å². The molecule has 4 nitrogen and oxygen atoms in total. The standard InChI is InChI=1S/C15H17ClN2O2S/c1-11-5-3-4-6-14(11)18(2)21(19,20)15-8-7-12(10-17)9-13(15)16/h3-9H,10,17H2,1-2H3. The number of nitrogens with zero attached hydrogens (tertiary/aromatic N) is 1. The van der Waals surface area contributed by atoms with E-state index in [0.717, 1.165) is 11.1 Å². The number of halogens is 1. The molecule has 0 aliphatic rings. The van der Waals surface area contributed by atoms with Crippen molar-refractivity contribution in [3.63, 3.8) is 0 Å². The summed E-state index contributed by atoms with van der Waals surface area (Å²) in [6.07, 6.45) is 0. The van der Waals surface area contributed by atoms with Gasteiger partial charge in [0.2, 0.25) is 0 Å². The van der Waals surface area contributed by atoms with Crippen LogP contribution in [0.4, 0.5) is 5.69 Å². The lowest BCUT2D eigenvalue weighted by atomic mass is 10.2. The Morgan fingerprint density at radius 1 is 1.19 bits per heavy atom. The van der Waals surface area contributed by atoms with Crippen LogP contribution >= 0.6 is 11.6 Å². The van der Waals surface area contributed by atoms with E-state index < -0.39 is 10.0 Å². The van der Waals surface area contributed by atoms with Crippen molar-refractivity contribution >= 4 is 27.3 Å². The molecule has 0 aromatic heterocycles. The van der Waals surface area contributed by atoms with Crippen LogP contribution in [0.15, 0.2) is 47.4 Å². The van der Waals surface area contributed by atoms with Gasteiger partial charge in [0.05, 0.1) is 10.7 Å². The molecule has 0 atom stereocenters. The van der Waals surface area contributed by atoms with E-state index in [-0.39, 0.29) is 9.92 Å². The number of anilines is 1. The fraction of sp³-hybridized carbons (Fsp3) is 0.200. The van der Waals surface area contributed by atoms with Crippen molar-refractivity contribution in [2.24, 2.45) is 5.73 Å². The molecule has 2 rings (SSSR count). The second kappa shape index (κ2) is 6.05. The molecule has 0 amide bonds. The van der Waals surface area contributed by atoms with Gasteiger partial charge in [-0.3, -0.25) is 4.31 Å². The zero-order valence-corrected chi connectivity index (χ0v) is 13.4. The minimum Gasteiger partial charge on any atom is -0.326 e. The number of para-hydroxylation sites is 1. The zero-order chi connectivity index (χ0) is 15.6. The Morgan fingerprint density at radius 2 is 1.86 bits per heavy atom. The fourth-order valence-corrected chi connectivity index (χ4v) is 3.87. The van der Waals surface area contributed by atoms with Crippen LogP contribution in [0.2, 0.25) is 5.02 Å². The van der Waals surface area contributed by atoms with Crippen molar-refractivity contribution in [3.05, 3.63) is 58.6 Å². The number of benzene rings is 2. The maximum Gasteiger partial charge on any atom is 0.265 e. The maximum atomic E-state index is 12.7. The van der Waals surface area contributed by atoms with Gasteiger partial charge in [-0.05, 0) is 36.2 Å². The molecule has 6 heteroatoms. The molecule has 0 fully saturated rings. The third kappa shape index (κ3) is 3.05. The Labute approximate surface area is 130 Å².